The molecule has 0 spiro atoms. The highest BCUT2D eigenvalue weighted by molar-refractivity contribution is 7.13. The molecule has 0 saturated carbocycles. The van der Waals surface area contributed by atoms with Crippen LogP contribution < -0.4 is 5.32 Å². The minimum absolute atomic E-state index is 0.00560. The number of thiazole rings is 1. The van der Waals surface area contributed by atoms with Gasteiger partial charge in [-0.25, -0.2) is 9.98 Å². The molecule has 150 valence electrons. The van der Waals surface area contributed by atoms with E-state index < -0.39 is 0 Å². The van der Waals surface area contributed by atoms with Gasteiger partial charge in [-0.15, -0.1) is 11.3 Å². The minimum Gasteiger partial charge on any atom is -0.466 e. The van der Waals surface area contributed by atoms with Crippen LogP contribution in [0, 0.1) is 5.92 Å². The second-order valence-corrected chi connectivity index (χ2v) is 7.55. The number of ether oxygens (including phenoxy) is 1. The van der Waals surface area contributed by atoms with Gasteiger partial charge in [0.2, 0.25) is 0 Å². The van der Waals surface area contributed by atoms with Crippen molar-refractivity contribution >= 4 is 23.3 Å². The maximum Gasteiger partial charge on any atom is 0.309 e. The van der Waals surface area contributed by atoms with Gasteiger partial charge in [0, 0.05) is 30.6 Å². The number of carbonyl (C=O) groups is 1. The molecule has 7 heteroatoms. The maximum absolute atomic E-state index is 11.9. The average molecular weight is 401 g/mol. The third-order valence-electron chi connectivity index (χ3n) is 4.71. The van der Waals surface area contributed by atoms with Gasteiger partial charge in [0.05, 0.1) is 24.8 Å². The van der Waals surface area contributed by atoms with Crippen molar-refractivity contribution < 1.29 is 9.53 Å². The van der Waals surface area contributed by atoms with E-state index in [4.69, 9.17) is 14.7 Å². The fourth-order valence-electron chi connectivity index (χ4n) is 3.26. The first-order valence-corrected chi connectivity index (χ1v) is 10.8. The number of piperidine rings is 1. The lowest BCUT2D eigenvalue weighted by molar-refractivity contribution is -0.149. The summed E-state index contributed by atoms with van der Waals surface area (Å²) in [7, 11) is 0. The average Bonchev–Trinajstić information content (AvgIpc) is 3.21. The van der Waals surface area contributed by atoms with E-state index in [1.54, 1.807) is 11.3 Å². The minimum atomic E-state index is -0.0694. The van der Waals surface area contributed by atoms with Gasteiger partial charge in [-0.1, -0.05) is 30.3 Å². The van der Waals surface area contributed by atoms with Crippen LogP contribution >= 0.6 is 11.3 Å². The third-order valence-corrected chi connectivity index (χ3v) is 5.65. The van der Waals surface area contributed by atoms with E-state index in [-0.39, 0.29) is 11.9 Å². The van der Waals surface area contributed by atoms with Crippen LogP contribution in [-0.4, -0.2) is 48.1 Å². The van der Waals surface area contributed by atoms with Crippen LogP contribution in [-0.2, 0) is 16.1 Å². The summed E-state index contributed by atoms with van der Waals surface area (Å²) in [6, 6.07) is 10.2. The zero-order chi connectivity index (χ0) is 19.8. The van der Waals surface area contributed by atoms with Gasteiger partial charge in [-0.3, -0.25) is 4.79 Å². The first kappa shape index (κ1) is 20.3. The number of nitrogens with zero attached hydrogens (tertiary/aromatic N) is 3. The van der Waals surface area contributed by atoms with Crippen molar-refractivity contribution in [1.82, 2.24) is 15.2 Å². The van der Waals surface area contributed by atoms with Gasteiger partial charge < -0.3 is 15.0 Å². The molecule has 0 unspecified atom stereocenters. The zero-order valence-electron chi connectivity index (χ0n) is 16.6. The molecule has 2 aromatic rings. The van der Waals surface area contributed by atoms with E-state index in [1.807, 2.05) is 25.1 Å². The highest BCUT2D eigenvalue weighted by Crippen LogP contribution is 2.24. The SMILES string of the molecule is CCNC(=NCc1csc(-c2ccccc2)n1)N1CCC(C(=O)OCC)CC1. The molecule has 6 nitrogen and oxygen atoms in total. The predicted octanol–water partition coefficient (Wildman–Crippen LogP) is 3.55. The highest BCUT2D eigenvalue weighted by atomic mass is 32.1. The second kappa shape index (κ2) is 10.2. The van der Waals surface area contributed by atoms with Crippen LogP contribution in [0.25, 0.3) is 10.6 Å². The number of nitrogens with one attached hydrogen (secondary N) is 1. The molecular weight excluding hydrogens is 372 g/mol. The monoisotopic (exact) mass is 400 g/mol. The van der Waals surface area contributed by atoms with E-state index in [1.165, 1.54) is 0 Å². The molecule has 1 aliphatic heterocycles. The number of aromatic nitrogens is 1. The third kappa shape index (κ3) is 5.32. The Kier molecular flexibility index (Phi) is 7.42. The molecule has 0 amide bonds. The van der Waals surface area contributed by atoms with Crippen LogP contribution in [0.2, 0.25) is 0 Å². The number of hydrogen-bond donors (Lipinski definition) is 1. The summed E-state index contributed by atoms with van der Waals surface area (Å²) < 4.78 is 5.16. The topological polar surface area (TPSA) is 66.8 Å². The molecule has 0 atom stereocenters. The Hall–Kier alpha value is -2.41. The van der Waals surface area contributed by atoms with Gasteiger partial charge in [-0.2, -0.15) is 0 Å². The Bertz CT molecular complexity index is 783. The summed E-state index contributed by atoms with van der Waals surface area (Å²) in [5.74, 6) is 0.824. The number of likely N-dealkylation sites (tertiary alicyclic amines) is 1. The maximum atomic E-state index is 11.9. The molecule has 0 aliphatic carbocycles. The molecular formula is C21H28N4O2S. The van der Waals surface area contributed by atoms with Gasteiger partial charge >= 0.3 is 5.97 Å². The fourth-order valence-corrected chi connectivity index (χ4v) is 4.08. The molecule has 1 aromatic carbocycles. The lowest BCUT2D eigenvalue weighted by atomic mass is 9.97. The Morgan fingerprint density at radius 3 is 2.71 bits per heavy atom. The largest absolute Gasteiger partial charge is 0.466 e. The van der Waals surface area contributed by atoms with Crippen LogP contribution in [0.3, 0.4) is 0 Å². The Morgan fingerprint density at radius 2 is 2.04 bits per heavy atom. The number of rotatable bonds is 6. The van der Waals surface area contributed by atoms with Gasteiger partial charge in [0.1, 0.15) is 5.01 Å². The molecule has 0 radical (unpaired) electrons. The molecule has 1 aromatic heterocycles. The molecule has 2 heterocycles. The summed E-state index contributed by atoms with van der Waals surface area (Å²) >= 11 is 1.65. The number of benzene rings is 1. The molecule has 0 bridgehead atoms. The van der Waals surface area contributed by atoms with Gasteiger partial charge in [-0.05, 0) is 26.7 Å². The molecule has 1 fully saturated rings. The number of guanidine groups is 1. The van der Waals surface area contributed by atoms with Crippen LogP contribution in [0.1, 0.15) is 32.4 Å². The summed E-state index contributed by atoms with van der Waals surface area (Å²) in [4.78, 5) is 23.7. The molecule has 1 N–H and O–H groups in total. The van der Waals surface area contributed by atoms with E-state index in [2.05, 4.69) is 34.7 Å². The summed E-state index contributed by atoms with van der Waals surface area (Å²) in [5.41, 5.74) is 2.11. The van der Waals surface area contributed by atoms with Crippen molar-refractivity contribution in [3.63, 3.8) is 0 Å². The summed E-state index contributed by atoms with van der Waals surface area (Å²) in [6.45, 7) is 7.33. The Morgan fingerprint density at radius 1 is 1.29 bits per heavy atom. The van der Waals surface area contributed by atoms with Crippen LogP contribution in [0.4, 0.5) is 0 Å². The van der Waals surface area contributed by atoms with Crippen molar-refractivity contribution in [3.05, 3.63) is 41.4 Å². The number of hydrogen-bond acceptors (Lipinski definition) is 5. The molecule has 1 aliphatic rings. The second-order valence-electron chi connectivity index (χ2n) is 6.69. The van der Waals surface area contributed by atoms with E-state index in [9.17, 15) is 4.79 Å². The number of esters is 1. The highest BCUT2D eigenvalue weighted by Gasteiger charge is 2.27. The first-order chi connectivity index (χ1) is 13.7. The smallest absolute Gasteiger partial charge is 0.309 e. The first-order valence-electron chi connectivity index (χ1n) is 9.91. The van der Waals surface area contributed by atoms with Crippen LogP contribution in [0.15, 0.2) is 40.7 Å². The Labute approximate surface area is 170 Å². The molecule has 1 saturated heterocycles. The molecule has 28 heavy (non-hydrogen) atoms. The van der Waals surface area contributed by atoms with Crippen molar-refractivity contribution in [2.24, 2.45) is 10.9 Å². The lowest BCUT2D eigenvalue weighted by Crippen LogP contribution is -2.46. The van der Waals surface area contributed by atoms with Crippen molar-refractivity contribution in [2.45, 2.75) is 33.2 Å². The normalized spacial score (nSPS) is 15.5. The number of carbonyl (C=O) groups excluding carboxylic acids is 1. The quantitative estimate of drug-likeness (QED) is 0.456. The summed E-state index contributed by atoms with van der Waals surface area (Å²) in [6.07, 6.45) is 1.61. The van der Waals surface area contributed by atoms with E-state index in [0.29, 0.717) is 13.2 Å². The number of aliphatic imine (C=N–C) groups is 1. The van der Waals surface area contributed by atoms with Crippen molar-refractivity contribution in [1.29, 1.82) is 0 Å². The zero-order valence-corrected chi connectivity index (χ0v) is 17.4. The Balaban J connectivity index is 1.61. The molecule has 3 rings (SSSR count). The van der Waals surface area contributed by atoms with Gasteiger partial charge in [0.15, 0.2) is 5.96 Å². The van der Waals surface area contributed by atoms with Gasteiger partial charge in [0.25, 0.3) is 0 Å². The van der Waals surface area contributed by atoms with Crippen LogP contribution in [0.5, 0.6) is 0 Å². The van der Waals surface area contributed by atoms with Crippen molar-refractivity contribution in [3.8, 4) is 10.6 Å². The van der Waals surface area contributed by atoms with Crippen molar-refractivity contribution in [2.75, 3.05) is 26.2 Å². The summed E-state index contributed by atoms with van der Waals surface area (Å²) in [5, 5.41) is 6.46. The fraction of sp³-hybridized carbons (Fsp3) is 0.476. The van der Waals surface area contributed by atoms with E-state index >= 15 is 0 Å². The standard InChI is InChI=1S/C21H28N4O2S/c1-3-22-21(25-12-10-17(11-13-25)20(26)27-4-2)23-14-18-15-28-19(24-18)16-8-6-5-7-9-16/h5-9,15,17H,3-4,10-14H2,1-2H3,(H,22,23). The predicted molar refractivity (Wildman–Crippen MR) is 113 cm³/mol. The van der Waals surface area contributed by atoms with E-state index in [0.717, 1.165) is 54.7 Å². The lowest BCUT2D eigenvalue weighted by Gasteiger charge is -2.33.